The van der Waals surface area contributed by atoms with Crippen LogP contribution in [-0.2, 0) is 14.3 Å². The fourth-order valence-corrected chi connectivity index (χ4v) is 4.68. The van der Waals surface area contributed by atoms with Crippen LogP contribution in [0.4, 0.5) is 4.79 Å². The van der Waals surface area contributed by atoms with Gasteiger partial charge in [0.25, 0.3) is 11.1 Å². The van der Waals surface area contributed by atoms with E-state index < -0.39 is 17.1 Å². The van der Waals surface area contributed by atoms with Crippen LogP contribution in [0.1, 0.15) is 15.2 Å². The first kappa shape index (κ1) is 23.0. The normalized spacial score (nSPS) is 17.5. The minimum Gasteiger partial charge on any atom is -0.493 e. The molecule has 0 spiro atoms. The van der Waals surface area contributed by atoms with Crippen molar-refractivity contribution in [2.24, 2.45) is 0 Å². The first-order chi connectivity index (χ1) is 16.0. The molecule has 0 saturated carbocycles. The summed E-state index contributed by atoms with van der Waals surface area (Å²) in [7, 11) is 1.44. The Kier molecular flexibility index (Phi) is 7.11. The zero-order valence-electron chi connectivity index (χ0n) is 17.6. The van der Waals surface area contributed by atoms with E-state index in [9.17, 15) is 19.2 Å². The Labute approximate surface area is 197 Å². The topological polar surface area (TPSA) is 102 Å². The largest absolute Gasteiger partial charge is 0.493 e. The van der Waals surface area contributed by atoms with E-state index in [-0.39, 0.29) is 23.1 Å². The summed E-state index contributed by atoms with van der Waals surface area (Å²) >= 11 is 2.04. The second-order valence-corrected chi connectivity index (χ2v) is 8.98. The highest BCUT2D eigenvalue weighted by Gasteiger charge is 2.37. The van der Waals surface area contributed by atoms with E-state index in [1.165, 1.54) is 24.5 Å². The van der Waals surface area contributed by atoms with Crippen LogP contribution in [-0.4, -0.2) is 72.8 Å². The third kappa shape index (κ3) is 5.27. The summed E-state index contributed by atoms with van der Waals surface area (Å²) in [4.78, 5) is 53.0. The number of esters is 1. The van der Waals surface area contributed by atoms with Crippen LogP contribution < -0.4 is 9.47 Å². The molecule has 33 heavy (non-hydrogen) atoms. The third-order valence-electron chi connectivity index (χ3n) is 4.94. The molecule has 2 aromatic rings. The van der Waals surface area contributed by atoms with Crippen LogP contribution in [0.15, 0.2) is 40.6 Å². The van der Waals surface area contributed by atoms with Gasteiger partial charge in [0, 0.05) is 13.1 Å². The molecule has 11 heteroatoms. The Bertz CT molecular complexity index is 1110. The van der Waals surface area contributed by atoms with E-state index in [1.807, 2.05) is 0 Å². The number of methoxy groups -OCH3 is 1. The van der Waals surface area contributed by atoms with Crippen LogP contribution in [0.5, 0.6) is 11.5 Å². The fraction of sp³-hybridized carbons (Fsp3) is 0.273. The lowest BCUT2D eigenvalue weighted by atomic mass is 10.2. The SMILES string of the molecule is COc1cc(/C=C2\SC(=O)N(CC(=O)N3CCOCC3)C2=O)ccc1OC(=O)c1cccs1. The maximum atomic E-state index is 12.8. The second-order valence-electron chi connectivity index (χ2n) is 7.04. The number of morpholine rings is 1. The van der Waals surface area contributed by atoms with Gasteiger partial charge < -0.3 is 19.1 Å². The summed E-state index contributed by atoms with van der Waals surface area (Å²) in [6, 6.07) is 8.22. The minimum atomic E-state index is -0.529. The van der Waals surface area contributed by atoms with Crippen LogP contribution >= 0.6 is 23.1 Å². The van der Waals surface area contributed by atoms with E-state index >= 15 is 0 Å². The van der Waals surface area contributed by atoms with Crippen LogP contribution in [0.2, 0.25) is 0 Å². The third-order valence-corrected chi connectivity index (χ3v) is 6.70. The molecule has 0 atom stereocenters. The lowest BCUT2D eigenvalue weighted by Gasteiger charge is -2.28. The Balaban J connectivity index is 1.46. The molecular weight excluding hydrogens is 468 g/mol. The van der Waals surface area contributed by atoms with Crippen molar-refractivity contribution in [3.63, 3.8) is 0 Å². The van der Waals surface area contributed by atoms with Gasteiger partial charge in [-0.15, -0.1) is 11.3 Å². The van der Waals surface area contributed by atoms with Crippen molar-refractivity contribution in [1.82, 2.24) is 9.80 Å². The molecule has 0 radical (unpaired) electrons. The predicted molar refractivity (Wildman–Crippen MR) is 122 cm³/mol. The number of thiophene rings is 1. The molecule has 0 aliphatic carbocycles. The molecule has 3 amide bonds. The number of nitrogens with zero attached hydrogens (tertiary/aromatic N) is 2. The second kappa shape index (κ2) is 10.2. The van der Waals surface area contributed by atoms with E-state index in [0.29, 0.717) is 42.5 Å². The van der Waals surface area contributed by atoms with Crippen LogP contribution in [0.25, 0.3) is 6.08 Å². The Morgan fingerprint density at radius 1 is 1.15 bits per heavy atom. The molecular formula is C22H20N2O7S2. The van der Waals surface area contributed by atoms with Gasteiger partial charge in [0.1, 0.15) is 11.4 Å². The van der Waals surface area contributed by atoms with Crippen molar-refractivity contribution < 1.29 is 33.4 Å². The number of ether oxygens (including phenoxy) is 3. The smallest absolute Gasteiger partial charge is 0.353 e. The van der Waals surface area contributed by atoms with E-state index in [0.717, 1.165) is 16.7 Å². The number of hydrogen-bond donors (Lipinski definition) is 0. The molecule has 172 valence electrons. The first-order valence-corrected chi connectivity index (χ1v) is 11.7. The molecule has 2 fully saturated rings. The van der Waals surface area contributed by atoms with E-state index in [1.54, 1.807) is 40.6 Å². The summed E-state index contributed by atoms with van der Waals surface area (Å²) < 4.78 is 15.9. The summed E-state index contributed by atoms with van der Waals surface area (Å²) in [5.41, 5.74) is 0.577. The van der Waals surface area contributed by atoms with E-state index in [2.05, 4.69) is 0 Å². The summed E-state index contributed by atoms with van der Waals surface area (Å²) in [6.07, 6.45) is 1.54. The minimum absolute atomic E-state index is 0.195. The van der Waals surface area contributed by atoms with Gasteiger partial charge >= 0.3 is 5.97 Å². The zero-order valence-corrected chi connectivity index (χ0v) is 19.3. The van der Waals surface area contributed by atoms with Crippen LogP contribution in [0.3, 0.4) is 0 Å². The van der Waals surface area contributed by atoms with Crippen molar-refractivity contribution in [3.05, 3.63) is 51.1 Å². The Morgan fingerprint density at radius 3 is 2.64 bits per heavy atom. The van der Waals surface area contributed by atoms with E-state index in [4.69, 9.17) is 14.2 Å². The molecule has 9 nitrogen and oxygen atoms in total. The number of rotatable bonds is 6. The monoisotopic (exact) mass is 488 g/mol. The van der Waals surface area contributed by atoms with Crippen molar-refractivity contribution in [2.45, 2.75) is 0 Å². The number of benzene rings is 1. The molecule has 1 aromatic heterocycles. The highest BCUT2D eigenvalue weighted by atomic mass is 32.2. The molecule has 1 aromatic carbocycles. The molecule has 2 saturated heterocycles. The van der Waals surface area contributed by atoms with Crippen molar-refractivity contribution in [2.75, 3.05) is 40.0 Å². The number of amides is 3. The standard InChI is InChI=1S/C22H20N2O7S2/c1-29-16-11-14(4-5-15(16)31-21(27)17-3-2-10-32-17)12-18-20(26)24(22(28)33-18)13-19(25)23-6-8-30-9-7-23/h2-5,10-12H,6-9,13H2,1H3/b18-12-. The highest BCUT2D eigenvalue weighted by Crippen LogP contribution is 2.35. The highest BCUT2D eigenvalue weighted by molar-refractivity contribution is 8.18. The van der Waals surface area contributed by atoms with Crippen LogP contribution in [0, 0.1) is 0 Å². The van der Waals surface area contributed by atoms with Gasteiger partial charge in [-0.1, -0.05) is 12.1 Å². The van der Waals surface area contributed by atoms with Gasteiger partial charge in [-0.3, -0.25) is 19.3 Å². The summed E-state index contributed by atoms with van der Waals surface area (Å²) in [6.45, 7) is 1.45. The average Bonchev–Trinajstić information content (AvgIpc) is 3.45. The lowest BCUT2D eigenvalue weighted by molar-refractivity contribution is -0.139. The van der Waals surface area contributed by atoms with Crippen molar-refractivity contribution in [3.8, 4) is 11.5 Å². The average molecular weight is 489 g/mol. The van der Waals surface area contributed by atoms with Gasteiger partial charge in [-0.2, -0.15) is 0 Å². The first-order valence-electron chi connectivity index (χ1n) is 10.0. The fourth-order valence-electron chi connectivity index (χ4n) is 3.24. The molecule has 4 rings (SSSR count). The van der Waals surface area contributed by atoms with Gasteiger partial charge in [0.15, 0.2) is 11.5 Å². The van der Waals surface area contributed by atoms with Crippen molar-refractivity contribution in [1.29, 1.82) is 0 Å². The summed E-state index contributed by atoms with van der Waals surface area (Å²) in [5.74, 6) is -0.783. The number of thioether (sulfide) groups is 1. The Hall–Kier alpha value is -3.15. The van der Waals surface area contributed by atoms with Gasteiger partial charge in [0.2, 0.25) is 5.91 Å². The molecule has 3 heterocycles. The Morgan fingerprint density at radius 2 is 1.94 bits per heavy atom. The quantitative estimate of drug-likeness (QED) is 0.348. The molecule has 0 bridgehead atoms. The van der Waals surface area contributed by atoms with Gasteiger partial charge in [-0.25, -0.2) is 4.79 Å². The zero-order chi connectivity index (χ0) is 23.4. The number of carbonyl (C=O) groups excluding carboxylic acids is 4. The summed E-state index contributed by atoms with van der Waals surface area (Å²) in [5, 5.41) is 1.28. The number of imide groups is 1. The van der Waals surface area contributed by atoms with Crippen molar-refractivity contribution >= 4 is 52.2 Å². The number of carbonyl (C=O) groups is 4. The molecule has 0 unspecified atom stereocenters. The molecule has 0 N–H and O–H groups in total. The predicted octanol–water partition coefficient (Wildman–Crippen LogP) is 2.87. The maximum Gasteiger partial charge on any atom is 0.353 e. The van der Waals surface area contributed by atoms with Gasteiger partial charge in [0.05, 0.1) is 25.2 Å². The molecule has 2 aliphatic heterocycles. The number of hydrogen-bond acceptors (Lipinski definition) is 9. The lowest BCUT2D eigenvalue weighted by Crippen LogP contribution is -2.46. The molecule has 2 aliphatic rings. The van der Waals surface area contributed by atoms with Gasteiger partial charge in [-0.05, 0) is 47.0 Å². The maximum absolute atomic E-state index is 12.8.